The lowest BCUT2D eigenvalue weighted by Gasteiger charge is -2.26. The molecule has 0 saturated carbocycles. The van der Waals surface area contributed by atoms with Gasteiger partial charge in [-0.05, 0) is 44.9 Å². The second-order valence-corrected chi connectivity index (χ2v) is 9.45. The largest absolute Gasteiger partial charge is 0.444 e. The highest BCUT2D eigenvalue weighted by atomic mass is 16.6. The number of aromatic nitrogens is 2. The zero-order chi connectivity index (χ0) is 25.0. The lowest BCUT2D eigenvalue weighted by atomic mass is 10.2. The number of hydrogen-bond donors (Lipinski definition) is 1. The third-order valence-electron chi connectivity index (χ3n) is 5.55. The maximum absolute atomic E-state index is 12.5. The molecule has 10 heteroatoms. The molecule has 3 heterocycles. The van der Waals surface area contributed by atoms with Gasteiger partial charge in [-0.1, -0.05) is 30.3 Å². The average molecular weight is 479 g/mol. The van der Waals surface area contributed by atoms with Gasteiger partial charge in [-0.15, -0.1) is 0 Å². The Kier molecular flexibility index (Phi) is 6.99. The summed E-state index contributed by atoms with van der Waals surface area (Å²) in [6.45, 7) is 8.13. The molecule has 4 rings (SSSR count). The van der Waals surface area contributed by atoms with E-state index in [0.29, 0.717) is 37.8 Å². The summed E-state index contributed by atoms with van der Waals surface area (Å²) in [4.78, 5) is 51.4. The Balaban J connectivity index is 1.49. The minimum atomic E-state index is -0.545. The number of carbonyl (C=O) groups excluding carboxylic acids is 3. The smallest absolute Gasteiger partial charge is 0.410 e. The highest BCUT2D eigenvalue weighted by Crippen LogP contribution is 2.21. The average Bonchev–Trinajstić information content (AvgIpc) is 2.98. The maximum atomic E-state index is 12.5. The molecule has 4 amide bonds. The molecule has 1 N–H and O–H groups in total. The van der Waals surface area contributed by atoms with Crippen LogP contribution in [0, 0.1) is 0 Å². The molecular formula is C25H30N6O4. The fourth-order valence-corrected chi connectivity index (χ4v) is 3.89. The first-order valence-corrected chi connectivity index (χ1v) is 11.6. The van der Waals surface area contributed by atoms with Crippen molar-refractivity contribution in [2.75, 3.05) is 31.1 Å². The second kappa shape index (κ2) is 10.1. The zero-order valence-electron chi connectivity index (χ0n) is 20.2. The van der Waals surface area contributed by atoms with Crippen molar-refractivity contribution in [3.8, 4) is 0 Å². The minimum Gasteiger partial charge on any atom is -0.444 e. The fourth-order valence-electron chi connectivity index (χ4n) is 3.89. The van der Waals surface area contributed by atoms with Gasteiger partial charge in [0.05, 0.1) is 12.2 Å². The van der Waals surface area contributed by atoms with Gasteiger partial charge in [0.1, 0.15) is 11.3 Å². The molecule has 1 aromatic heterocycles. The van der Waals surface area contributed by atoms with Crippen LogP contribution in [0.4, 0.5) is 15.5 Å². The molecule has 2 aromatic rings. The summed E-state index contributed by atoms with van der Waals surface area (Å²) < 4.78 is 5.50. The van der Waals surface area contributed by atoms with Crippen LogP contribution in [0.25, 0.3) is 6.08 Å². The number of amides is 4. The van der Waals surface area contributed by atoms with E-state index in [1.54, 1.807) is 23.2 Å². The molecule has 2 aliphatic heterocycles. The molecule has 10 nitrogen and oxygen atoms in total. The topological polar surface area (TPSA) is 108 Å². The molecule has 0 aliphatic carbocycles. The van der Waals surface area contributed by atoms with E-state index >= 15 is 0 Å². The van der Waals surface area contributed by atoms with Gasteiger partial charge < -0.3 is 14.5 Å². The Hall–Kier alpha value is -3.95. The van der Waals surface area contributed by atoms with Gasteiger partial charge in [-0.3, -0.25) is 15.0 Å². The van der Waals surface area contributed by atoms with Gasteiger partial charge in [0, 0.05) is 32.4 Å². The first-order chi connectivity index (χ1) is 16.7. The summed E-state index contributed by atoms with van der Waals surface area (Å²) >= 11 is 0. The summed E-state index contributed by atoms with van der Waals surface area (Å²) in [5, 5.41) is 2.35. The van der Waals surface area contributed by atoms with E-state index in [9.17, 15) is 14.4 Å². The van der Waals surface area contributed by atoms with E-state index < -0.39 is 17.5 Å². The number of rotatable bonds is 4. The minimum absolute atomic E-state index is 0.232. The van der Waals surface area contributed by atoms with Crippen molar-refractivity contribution in [2.24, 2.45) is 0 Å². The highest BCUT2D eigenvalue weighted by molar-refractivity contribution is 6.13. The Bertz CT molecular complexity index is 1130. The van der Waals surface area contributed by atoms with Crippen LogP contribution in [0.3, 0.4) is 0 Å². The molecule has 1 aromatic carbocycles. The van der Waals surface area contributed by atoms with Crippen LogP contribution in [-0.4, -0.2) is 69.6 Å². The van der Waals surface area contributed by atoms with Crippen LogP contribution in [0.2, 0.25) is 0 Å². The lowest BCUT2D eigenvalue weighted by Crippen LogP contribution is -2.39. The first-order valence-electron chi connectivity index (χ1n) is 11.6. The van der Waals surface area contributed by atoms with Crippen molar-refractivity contribution in [1.29, 1.82) is 0 Å². The van der Waals surface area contributed by atoms with Crippen molar-refractivity contribution in [2.45, 2.75) is 39.3 Å². The molecule has 0 unspecified atom stereocenters. The van der Waals surface area contributed by atoms with Crippen molar-refractivity contribution in [3.05, 3.63) is 59.5 Å². The van der Waals surface area contributed by atoms with Gasteiger partial charge in [0.25, 0.3) is 5.91 Å². The standard InChI is InChI=1S/C25H30N6O4/c1-25(2,3)35-24(34)30-13-7-12-29(14-15-30)22-26-11-10-19(27-22)16-20-21(32)28-23(33)31(20)17-18-8-5-4-6-9-18/h4-6,8-11,16H,7,12-15,17H2,1-3H3,(H,28,32,33)/b20-16-. The molecule has 2 aliphatic rings. The van der Waals surface area contributed by atoms with Gasteiger partial charge in [0.2, 0.25) is 5.95 Å². The Morgan fingerprint density at radius 2 is 1.86 bits per heavy atom. The van der Waals surface area contributed by atoms with Crippen LogP contribution in [0.15, 0.2) is 48.3 Å². The molecular weight excluding hydrogens is 448 g/mol. The van der Waals surface area contributed by atoms with E-state index in [2.05, 4.69) is 15.3 Å². The van der Waals surface area contributed by atoms with Gasteiger partial charge in [-0.2, -0.15) is 0 Å². The third-order valence-corrected chi connectivity index (χ3v) is 5.55. The van der Waals surface area contributed by atoms with Crippen LogP contribution in [0.1, 0.15) is 38.4 Å². The van der Waals surface area contributed by atoms with Crippen molar-refractivity contribution < 1.29 is 19.1 Å². The number of imide groups is 1. The summed E-state index contributed by atoms with van der Waals surface area (Å²) in [6.07, 6.45) is 3.64. The summed E-state index contributed by atoms with van der Waals surface area (Å²) in [7, 11) is 0. The maximum Gasteiger partial charge on any atom is 0.410 e. The fraction of sp³-hybridized carbons (Fsp3) is 0.400. The molecule has 0 atom stereocenters. The molecule has 35 heavy (non-hydrogen) atoms. The number of nitrogens with one attached hydrogen (secondary N) is 1. The quantitative estimate of drug-likeness (QED) is 0.532. The summed E-state index contributed by atoms with van der Waals surface area (Å²) in [6, 6.07) is 10.7. The Labute approximate surface area is 204 Å². The Morgan fingerprint density at radius 1 is 1.09 bits per heavy atom. The van der Waals surface area contributed by atoms with Crippen LogP contribution < -0.4 is 10.2 Å². The van der Waals surface area contributed by atoms with E-state index in [0.717, 1.165) is 12.0 Å². The number of nitrogens with zero attached hydrogens (tertiary/aromatic N) is 5. The zero-order valence-corrected chi connectivity index (χ0v) is 20.2. The first kappa shape index (κ1) is 24.2. The molecule has 0 spiro atoms. The lowest BCUT2D eigenvalue weighted by molar-refractivity contribution is -0.116. The van der Waals surface area contributed by atoms with Gasteiger partial charge >= 0.3 is 12.1 Å². The monoisotopic (exact) mass is 478 g/mol. The number of anilines is 1. The van der Waals surface area contributed by atoms with E-state index in [1.165, 1.54) is 4.90 Å². The van der Waals surface area contributed by atoms with Crippen LogP contribution in [0.5, 0.6) is 0 Å². The second-order valence-electron chi connectivity index (χ2n) is 9.45. The molecule has 0 radical (unpaired) electrons. The molecule has 0 bridgehead atoms. The Morgan fingerprint density at radius 3 is 2.60 bits per heavy atom. The predicted molar refractivity (Wildman–Crippen MR) is 130 cm³/mol. The SMILES string of the molecule is CC(C)(C)OC(=O)N1CCCN(c2nccc(/C=C3/C(=O)NC(=O)N3Cc3ccccc3)n2)CC1. The number of urea groups is 1. The normalized spacial score (nSPS) is 18.0. The third kappa shape index (κ3) is 6.14. The number of carbonyl (C=O) groups is 3. The summed E-state index contributed by atoms with van der Waals surface area (Å²) in [5.41, 5.74) is 1.11. The highest BCUT2D eigenvalue weighted by Gasteiger charge is 2.33. The van der Waals surface area contributed by atoms with E-state index in [4.69, 9.17) is 4.74 Å². The van der Waals surface area contributed by atoms with E-state index in [1.807, 2.05) is 56.0 Å². The summed E-state index contributed by atoms with van der Waals surface area (Å²) in [5.74, 6) is 0.0404. The van der Waals surface area contributed by atoms with E-state index in [-0.39, 0.29) is 18.3 Å². The number of hydrogen-bond acceptors (Lipinski definition) is 7. The number of benzene rings is 1. The van der Waals surface area contributed by atoms with Crippen molar-refractivity contribution in [1.82, 2.24) is 25.1 Å². The van der Waals surface area contributed by atoms with Gasteiger partial charge in [-0.25, -0.2) is 19.6 Å². The van der Waals surface area contributed by atoms with Crippen molar-refractivity contribution in [3.63, 3.8) is 0 Å². The number of ether oxygens (including phenoxy) is 1. The predicted octanol–water partition coefficient (Wildman–Crippen LogP) is 3.02. The van der Waals surface area contributed by atoms with Crippen molar-refractivity contribution >= 4 is 30.1 Å². The molecule has 184 valence electrons. The van der Waals surface area contributed by atoms with Crippen LogP contribution in [-0.2, 0) is 16.1 Å². The van der Waals surface area contributed by atoms with Crippen LogP contribution >= 0.6 is 0 Å². The molecule has 2 saturated heterocycles. The van der Waals surface area contributed by atoms with Gasteiger partial charge in [0.15, 0.2) is 0 Å². The molecule has 2 fully saturated rings.